The molecule has 0 spiro atoms. The molecule has 0 fully saturated rings. The molecule has 2 aromatic carbocycles. The average molecular weight is 430 g/mol. The monoisotopic (exact) mass is 429 g/mol. The van der Waals surface area contributed by atoms with Gasteiger partial charge in [0.15, 0.2) is 58.2 Å². The van der Waals surface area contributed by atoms with Gasteiger partial charge in [0, 0.05) is 0 Å². The molecule has 1 radical (unpaired) electrons. The SMILES string of the molecule is [Cu+2].[O-]c1c(F)c(F)c(F)c(F)c1F.[O-]c1c(F)c(F)c(F)c(F)c1F. The molecule has 2 nitrogen and oxygen atoms in total. The first kappa shape index (κ1) is 22.9. The van der Waals surface area contributed by atoms with Crippen LogP contribution in [0.15, 0.2) is 0 Å². The van der Waals surface area contributed by atoms with E-state index in [0.29, 0.717) is 0 Å². The van der Waals surface area contributed by atoms with Gasteiger partial charge in [0.25, 0.3) is 0 Å². The van der Waals surface area contributed by atoms with E-state index in [1.165, 1.54) is 0 Å². The summed E-state index contributed by atoms with van der Waals surface area (Å²) >= 11 is 0. The normalized spacial score (nSPS) is 10.0. The second-order valence-electron chi connectivity index (χ2n) is 3.80. The summed E-state index contributed by atoms with van der Waals surface area (Å²) in [5.41, 5.74) is 0. The molecular weight excluding hydrogens is 430 g/mol. The minimum absolute atomic E-state index is 0. The van der Waals surface area contributed by atoms with Gasteiger partial charge < -0.3 is 10.2 Å². The number of hydrogen-bond acceptors (Lipinski definition) is 2. The van der Waals surface area contributed by atoms with Gasteiger partial charge in [-0.25, -0.2) is 43.9 Å². The molecule has 2 rings (SSSR count). The zero-order valence-electron chi connectivity index (χ0n) is 10.9. The first-order chi connectivity index (χ1) is 10.9. The minimum Gasteiger partial charge on any atom is -0.868 e. The van der Waals surface area contributed by atoms with Crippen molar-refractivity contribution in [3.8, 4) is 11.5 Å². The van der Waals surface area contributed by atoms with E-state index in [1.54, 1.807) is 0 Å². The van der Waals surface area contributed by atoms with E-state index < -0.39 is 69.7 Å². The predicted molar refractivity (Wildman–Crippen MR) is 51.4 cm³/mol. The summed E-state index contributed by atoms with van der Waals surface area (Å²) < 4.78 is 121. The summed E-state index contributed by atoms with van der Waals surface area (Å²) in [5.74, 6) is -27.2. The van der Waals surface area contributed by atoms with Gasteiger partial charge in [-0.1, -0.05) is 0 Å². The molecule has 13 heteroatoms. The molecular formula is C12CuF10O2. The van der Waals surface area contributed by atoms with E-state index in [9.17, 15) is 54.1 Å². The third-order valence-electron chi connectivity index (χ3n) is 2.34. The molecule has 141 valence electrons. The molecule has 0 unspecified atom stereocenters. The Kier molecular flexibility index (Phi) is 7.59. The molecule has 0 bridgehead atoms. The molecule has 0 amide bonds. The maximum Gasteiger partial charge on any atom is 2.00 e. The van der Waals surface area contributed by atoms with E-state index in [-0.39, 0.29) is 17.1 Å². The maximum absolute atomic E-state index is 12.1. The van der Waals surface area contributed by atoms with Gasteiger partial charge in [-0.05, 0) is 11.5 Å². The van der Waals surface area contributed by atoms with E-state index in [1.807, 2.05) is 0 Å². The van der Waals surface area contributed by atoms with Crippen LogP contribution in [0.3, 0.4) is 0 Å². The molecule has 0 aromatic heterocycles. The first-order valence-corrected chi connectivity index (χ1v) is 5.30. The van der Waals surface area contributed by atoms with Crippen LogP contribution in [0, 0.1) is 58.2 Å². The number of benzene rings is 2. The standard InChI is InChI=1S/2C6HF5O.Cu/c2*7-1-2(8)4(10)6(12)5(11)3(1)9;/h2*12H;/q;;+2/p-2. The first-order valence-electron chi connectivity index (χ1n) is 5.30. The molecule has 0 saturated heterocycles. The van der Waals surface area contributed by atoms with Crippen LogP contribution in [0.25, 0.3) is 0 Å². The fraction of sp³-hybridized carbons (Fsp3) is 0. The van der Waals surface area contributed by atoms with Crippen molar-refractivity contribution >= 4 is 0 Å². The van der Waals surface area contributed by atoms with Crippen LogP contribution in [-0.4, -0.2) is 0 Å². The van der Waals surface area contributed by atoms with Crippen molar-refractivity contribution < 1.29 is 71.2 Å². The summed E-state index contributed by atoms with van der Waals surface area (Å²) in [6, 6.07) is 0. The van der Waals surface area contributed by atoms with Crippen LogP contribution in [0.2, 0.25) is 0 Å². The van der Waals surface area contributed by atoms with E-state index in [2.05, 4.69) is 0 Å². The fourth-order valence-corrected chi connectivity index (χ4v) is 1.17. The Labute approximate surface area is 141 Å². The summed E-state index contributed by atoms with van der Waals surface area (Å²) in [4.78, 5) is 0. The van der Waals surface area contributed by atoms with Gasteiger partial charge in [0.05, 0.1) is 0 Å². The largest absolute Gasteiger partial charge is 2.00 e. The summed E-state index contributed by atoms with van der Waals surface area (Å²) in [6.45, 7) is 0. The van der Waals surface area contributed by atoms with Crippen LogP contribution in [0.1, 0.15) is 0 Å². The van der Waals surface area contributed by atoms with Gasteiger partial charge in [0.1, 0.15) is 0 Å². The maximum atomic E-state index is 12.1. The van der Waals surface area contributed by atoms with Crippen LogP contribution in [-0.2, 0) is 17.1 Å². The van der Waals surface area contributed by atoms with Gasteiger partial charge >= 0.3 is 17.1 Å². The number of halogens is 10. The van der Waals surface area contributed by atoms with Gasteiger partial charge in [0.2, 0.25) is 0 Å². The smallest absolute Gasteiger partial charge is 0.868 e. The Morgan fingerprint density at radius 1 is 0.320 bits per heavy atom. The molecule has 0 N–H and O–H groups in total. The van der Waals surface area contributed by atoms with Crippen molar-refractivity contribution in [3.05, 3.63) is 58.2 Å². The zero-order valence-corrected chi connectivity index (χ0v) is 11.8. The Morgan fingerprint density at radius 2 is 0.440 bits per heavy atom. The second kappa shape index (κ2) is 8.30. The van der Waals surface area contributed by atoms with Crippen molar-refractivity contribution in [1.29, 1.82) is 0 Å². The Balaban J connectivity index is 0.000000443. The molecule has 0 atom stereocenters. The van der Waals surface area contributed by atoms with Gasteiger partial charge in [-0.3, -0.25) is 0 Å². The van der Waals surface area contributed by atoms with E-state index in [0.717, 1.165) is 0 Å². The van der Waals surface area contributed by atoms with Crippen LogP contribution in [0.4, 0.5) is 43.9 Å². The van der Waals surface area contributed by atoms with E-state index >= 15 is 0 Å². The molecule has 0 heterocycles. The summed E-state index contributed by atoms with van der Waals surface area (Å²) in [5, 5.41) is 20.3. The van der Waals surface area contributed by atoms with Crippen molar-refractivity contribution in [2.75, 3.05) is 0 Å². The summed E-state index contributed by atoms with van der Waals surface area (Å²) in [7, 11) is 0. The van der Waals surface area contributed by atoms with Gasteiger partial charge in [-0.2, -0.15) is 0 Å². The Bertz CT molecular complexity index is 534. The predicted octanol–water partition coefficient (Wildman–Crippen LogP) is 2.91. The molecule has 0 aliphatic heterocycles. The molecule has 2 aromatic rings. The molecule has 25 heavy (non-hydrogen) atoms. The topological polar surface area (TPSA) is 46.1 Å². The summed E-state index contributed by atoms with van der Waals surface area (Å²) in [6.07, 6.45) is 0. The molecule has 0 aliphatic carbocycles. The van der Waals surface area contributed by atoms with Crippen molar-refractivity contribution in [1.82, 2.24) is 0 Å². The number of rotatable bonds is 0. The second-order valence-corrected chi connectivity index (χ2v) is 3.80. The van der Waals surface area contributed by atoms with Crippen molar-refractivity contribution in [3.63, 3.8) is 0 Å². The van der Waals surface area contributed by atoms with Crippen molar-refractivity contribution in [2.45, 2.75) is 0 Å². The fourth-order valence-electron chi connectivity index (χ4n) is 1.17. The Hall–Kier alpha value is -2.14. The van der Waals surface area contributed by atoms with Crippen molar-refractivity contribution in [2.24, 2.45) is 0 Å². The third kappa shape index (κ3) is 4.10. The number of hydrogen-bond donors (Lipinski definition) is 0. The molecule has 0 aliphatic rings. The van der Waals surface area contributed by atoms with Gasteiger partial charge in [-0.15, -0.1) is 0 Å². The minimum atomic E-state index is -2.33. The molecule has 0 saturated carbocycles. The van der Waals surface area contributed by atoms with Crippen LogP contribution in [0.5, 0.6) is 11.5 Å². The zero-order chi connectivity index (χ0) is 18.9. The van der Waals surface area contributed by atoms with Crippen LogP contribution < -0.4 is 10.2 Å². The third-order valence-corrected chi connectivity index (χ3v) is 2.34. The van der Waals surface area contributed by atoms with Crippen LogP contribution >= 0.6 is 0 Å². The quantitative estimate of drug-likeness (QED) is 0.280. The van der Waals surface area contributed by atoms with E-state index in [4.69, 9.17) is 0 Å². The average Bonchev–Trinajstić information content (AvgIpc) is 2.58. The Morgan fingerprint density at radius 3 is 0.600 bits per heavy atom.